The van der Waals surface area contributed by atoms with Crippen LogP contribution in [0, 0.1) is 6.92 Å². The first-order valence-corrected chi connectivity index (χ1v) is 9.31. The Morgan fingerprint density at radius 2 is 2.08 bits per heavy atom. The Morgan fingerprint density at radius 1 is 1.32 bits per heavy atom. The van der Waals surface area contributed by atoms with Crippen LogP contribution in [0.15, 0.2) is 30.3 Å². The lowest BCUT2D eigenvalue weighted by Crippen LogP contribution is -2.49. The molecule has 5 heteroatoms. The van der Waals surface area contributed by atoms with Crippen LogP contribution in [0.4, 0.5) is 5.82 Å². The Bertz CT molecular complexity index is 680. The average molecular weight is 342 g/mol. The van der Waals surface area contributed by atoms with E-state index in [1.807, 2.05) is 23.9 Å². The standard InChI is InChI=1S/C20H30N4O/c1-15(6-7-17-8-10-19(25)11-9-17)21-18-5-4-12-24(14-18)20-13-16(2)22-23(20)3/h8-11,13,15,18,21,25H,4-7,12,14H2,1-3H3/t15-,18+/m0/s1. The Balaban J connectivity index is 1.50. The molecule has 5 nitrogen and oxygen atoms in total. The monoisotopic (exact) mass is 342 g/mol. The minimum Gasteiger partial charge on any atom is -0.508 e. The minimum absolute atomic E-state index is 0.336. The van der Waals surface area contributed by atoms with Gasteiger partial charge in [0.15, 0.2) is 0 Å². The number of piperidine rings is 1. The molecule has 1 fully saturated rings. The molecule has 3 rings (SSSR count). The molecule has 0 bridgehead atoms. The van der Waals surface area contributed by atoms with Crippen LogP contribution in [-0.2, 0) is 13.5 Å². The van der Waals surface area contributed by atoms with E-state index in [9.17, 15) is 5.11 Å². The van der Waals surface area contributed by atoms with Gasteiger partial charge in [0.05, 0.1) is 5.69 Å². The number of anilines is 1. The van der Waals surface area contributed by atoms with E-state index in [0.717, 1.165) is 31.6 Å². The molecule has 25 heavy (non-hydrogen) atoms. The second-order valence-corrected chi connectivity index (χ2v) is 7.33. The van der Waals surface area contributed by atoms with Gasteiger partial charge in [-0.1, -0.05) is 12.1 Å². The quantitative estimate of drug-likeness (QED) is 0.847. The van der Waals surface area contributed by atoms with Crippen LogP contribution in [0.2, 0.25) is 0 Å². The van der Waals surface area contributed by atoms with Crippen molar-refractivity contribution in [3.63, 3.8) is 0 Å². The summed E-state index contributed by atoms with van der Waals surface area (Å²) >= 11 is 0. The van der Waals surface area contributed by atoms with Crippen molar-refractivity contribution in [1.29, 1.82) is 0 Å². The number of hydrogen-bond acceptors (Lipinski definition) is 4. The molecule has 2 aromatic rings. The van der Waals surface area contributed by atoms with Crippen molar-refractivity contribution < 1.29 is 5.11 Å². The van der Waals surface area contributed by atoms with Gasteiger partial charge < -0.3 is 15.3 Å². The lowest BCUT2D eigenvalue weighted by atomic mass is 10.0. The smallest absolute Gasteiger partial charge is 0.126 e. The molecule has 2 heterocycles. The molecule has 0 spiro atoms. The summed E-state index contributed by atoms with van der Waals surface area (Å²) in [4.78, 5) is 2.45. The van der Waals surface area contributed by atoms with E-state index in [-0.39, 0.29) is 0 Å². The zero-order valence-corrected chi connectivity index (χ0v) is 15.6. The van der Waals surface area contributed by atoms with Crippen molar-refractivity contribution in [3.8, 4) is 5.75 Å². The Hall–Kier alpha value is -2.01. The van der Waals surface area contributed by atoms with Crippen LogP contribution in [0.5, 0.6) is 5.75 Å². The molecular weight excluding hydrogens is 312 g/mol. The van der Waals surface area contributed by atoms with E-state index in [0.29, 0.717) is 17.8 Å². The molecular formula is C20H30N4O. The highest BCUT2D eigenvalue weighted by Crippen LogP contribution is 2.21. The maximum absolute atomic E-state index is 9.37. The van der Waals surface area contributed by atoms with Gasteiger partial charge in [0.25, 0.3) is 0 Å². The molecule has 0 saturated carbocycles. The molecule has 0 amide bonds. The lowest BCUT2D eigenvalue weighted by Gasteiger charge is -2.36. The van der Waals surface area contributed by atoms with Crippen molar-refractivity contribution in [3.05, 3.63) is 41.6 Å². The molecule has 1 saturated heterocycles. The molecule has 1 aromatic heterocycles. The number of benzene rings is 1. The molecule has 2 atom stereocenters. The first kappa shape index (κ1) is 17.8. The lowest BCUT2D eigenvalue weighted by molar-refractivity contribution is 0.371. The number of hydrogen-bond donors (Lipinski definition) is 2. The number of phenolic OH excluding ortho intramolecular Hbond substituents is 1. The minimum atomic E-state index is 0.336. The third kappa shape index (κ3) is 4.75. The van der Waals surface area contributed by atoms with Crippen LogP contribution in [-0.4, -0.2) is 40.1 Å². The maximum atomic E-state index is 9.37. The first-order valence-electron chi connectivity index (χ1n) is 9.31. The second kappa shape index (κ2) is 7.91. The molecule has 1 aliphatic heterocycles. The third-order valence-corrected chi connectivity index (χ3v) is 5.05. The first-order chi connectivity index (χ1) is 12.0. The van der Waals surface area contributed by atoms with Gasteiger partial charge in [-0.15, -0.1) is 0 Å². The Morgan fingerprint density at radius 3 is 2.76 bits per heavy atom. The van der Waals surface area contributed by atoms with E-state index < -0.39 is 0 Å². The Labute approximate surface area is 150 Å². The molecule has 0 unspecified atom stereocenters. The molecule has 0 aliphatic carbocycles. The fourth-order valence-corrected chi connectivity index (χ4v) is 3.75. The van der Waals surface area contributed by atoms with Crippen LogP contribution >= 0.6 is 0 Å². The summed E-state index contributed by atoms with van der Waals surface area (Å²) in [5, 5.41) is 17.7. The molecule has 1 aromatic carbocycles. The van der Waals surface area contributed by atoms with E-state index in [1.54, 1.807) is 12.1 Å². The molecule has 0 radical (unpaired) electrons. The number of aromatic nitrogens is 2. The molecule has 136 valence electrons. The van der Waals surface area contributed by atoms with Crippen LogP contribution < -0.4 is 10.2 Å². The average Bonchev–Trinajstić information content (AvgIpc) is 2.93. The predicted octanol–water partition coefficient (Wildman–Crippen LogP) is 3.01. The second-order valence-electron chi connectivity index (χ2n) is 7.33. The number of nitrogens with one attached hydrogen (secondary N) is 1. The van der Waals surface area contributed by atoms with Gasteiger partial charge in [0.2, 0.25) is 0 Å². The summed E-state index contributed by atoms with van der Waals surface area (Å²) < 4.78 is 1.99. The van der Waals surface area contributed by atoms with E-state index >= 15 is 0 Å². The summed E-state index contributed by atoms with van der Waals surface area (Å²) in [5.41, 5.74) is 2.36. The molecule has 2 N–H and O–H groups in total. The highest BCUT2D eigenvalue weighted by molar-refractivity contribution is 5.41. The van der Waals surface area contributed by atoms with Gasteiger partial charge in [0, 0.05) is 38.3 Å². The maximum Gasteiger partial charge on any atom is 0.126 e. The van der Waals surface area contributed by atoms with E-state index in [2.05, 4.69) is 35.2 Å². The van der Waals surface area contributed by atoms with Gasteiger partial charge in [-0.25, -0.2) is 0 Å². The number of aryl methyl sites for hydroxylation is 3. The zero-order chi connectivity index (χ0) is 17.8. The SMILES string of the molecule is Cc1cc(N2CCC[C@@H](N[C@@H](C)CCc3ccc(O)cc3)C2)n(C)n1. The van der Waals surface area contributed by atoms with Crippen LogP contribution in [0.1, 0.15) is 37.4 Å². The van der Waals surface area contributed by atoms with Gasteiger partial charge in [0.1, 0.15) is 11.6 Å². The van der Waals surface area contributed by atoms with Gasteiger partial charge in [-0.2, -0.15) is 5.10 Å². The fourth-order valence-electron chi connectivity index (χ4n) is 3.75. The summed E-state index contributed by atoms with van der Waals surface area (Å²) in [6.45, 7) is 6.48. The highest BCUT2D eigenvalue weighted by atomic mass is 16.3. The highest BCUT2D eigenvalue weighted by Gasteiger charge is 2.23. The van der Waals surface area contributed by atoms with Crippen molar-refractivity contribution in [2.75, 3.05) is 18.0 Å². The van der Waals surface area contributed by atoms with Crippen molar-refractivity contribution in [1.82, 2.24) is 15.1 Å². The topological polar surface area (TPSA) is 53.3 Å². The largest absolute Gasteiger partial charge is 0.508 e. The fraction of sp³-hybridized carbons (Fsp3) is 0.550. The van der Waals surface area contributed by atoms with Gasteiger partial charge >= 0.3 is 0 Å². The summed E-state index contributed by atoms with van der Waals surface area (Å²) in [7, 11) is 2.03. The van der Waals surface area contributed by atoms with Crippen molar-refractivity contribution in [2.24, 2.45) is 7.05 Å². The van der Waals surface area contributed by atoms with Gasteiger partial charge in [-0.05, 0) is 57.2 Å². The zero-order valence-electron chi connectivity index (χ0n) is 15.6. The summed E-state index contributed by atoms with van der Waals surface area (Å²) in [6.07, 6.45) is 4.58. The summed E-state index contributed by atoms with van der Waals surface area (Å²) in [6, 6.07) is 10.7. The van der Waals surface area contributed by atoms with Crippen LogP contribution in [0.25, 0.3) is 0 Å². The van der Waals surface area contributed by atoms with Crippen LogP contribution in [0.3, 0.4) is 0 Å². The third-order valence-electron chi connectivity index (χ3n) is 5.05. The Kier molecular flexibility index (Phi) is 5.63. The predicted molar refractivity (Wildman–Crippen MR) is 102 cm³/mol. The number of rotatable bonds is 6. The number of nitrogens with zero attached hydrogens (tertiary/aromatic N) is 3. The van der Waals surface area contributed by atoms with E-state index in [4.69, 9.17) is 0 Å². The summed E-state index contributed by atoms with van der Waals surface area (Å²) in [5.74, 6) is 1.56. The van der Waals surface area contributed by atoms with Gasteiger partial charge in [-0.3, -0.25) is 4.68 Å². The number of phenols is 1. The van der Waals surface area contributed by atoms with Crippen molar-refractivity contribution >= 4 is 5.82 Å². The van der Waals surface area contributed by atoms with Crippen molar-refractivity contribution in [2.45, 2.75) is 51.6 Å². The normalized spacial score (nSPS) is 19.2. The molecule has 1 aliphatic rings. The van der Waals surface area contributed by atoms with E-state index in [1.165, 1.54) is 24.2 Å². The number of aromatic hydroxyl groups is 1.